The minimum atomic E-state index is 0.568. The van der Waals surface area contributed by atoms with E-state index in [9.17, 15) is 0 Å². The summed E-state index contributed by atoms with van der Waals surface area (Å²) in [7, 11) is 0. The van der Waals surface area contributed by atoms with Gasteiger partial charge in [-0.1, -0.05) is 31.5 Å². The number of fused-ring (bicyclic) bond motifs is 3. The van der Waals surface area contributed by atoms with Crippen LogP contribution in [0.4, 0.5) is 0 Å². The molecule has 0 amide bonds. The molecule has 3 aromatic heterocycles. The van der Waals surface area contributed by atoms with Gasteiger partial charge in [-0.2, -0.15) is 0 Å². The van der Waals surface area contributed by atoms with Crippen LogP contribution in [-0.2, 0) is 6.42 Å². The predicted molar refractivity (Wildman–Crippen MR) is 112 cm³/mol. The van der Waals surface area contributed by atoms with E-state index in [1.807, 2.05) is 17.4 Å². The molecule has 0 aliphatic heterocycles. The Hall–Kier alpha value is -2.53. The molecule has 0 atom stereocenters. The van der Waals surface area contributed by atoms with Gasteiger partial charge in [0.15, 0.2) is 17.1 Å². The summed E-state index contributed by atoms with van der Waals surface area (Å²) in [4.78, 5) is 9.63. The lowest BCUT2D eigenvalue weighted by Gasteiger charge is -2.10. The predicted octanol–water partition coefficient (Wildman–Crippen LogP) is 5.38. The molecule has 4 aromatic rings. The Balaban J connectivity index is 1.78. The van der Waals surface area contributed by atoms with Crippen molar-refractivity contribution in [3.05, 3.63) is 52.3 Å². The van der Waals surface area contributed by atoms with Crippen molar-refractivity contribution in [1.29, 1.82) is 0 Å². The highest BCUT2D eigenvalue weighted by Gasteiger charge is 2.26. The van der Waals surface area contributed by atoms with Gasteiger partial charge in [0.2, 0.25) is 0 Å². The van der Waals surface area contributed by atoms with Crippen LogP contribution in [-0.4, -0.2) is 24.6 Å². The second-order valence-corrected chi connectivity index (χ2v) is 8.55. The summed E-state index contributed by atoms with van der Waals surface area (Å²) in [5.74, 6) is 1.86. The summed E-state index contributed by atoms with van der Waals surface area (Å²) in [6, 6.07) is 10.3. The maximum absolute atomic E-state index is 6.59. The quantitative estimate of drug-likeness (QED) is 0.468. The van der Waals surface area contributed by atoms with E-state index in [0.717, 1.165) is 46.0 Å². The van der Waals surface area contributed by atoms with Gasteiger partial charge in [-0.05, 0) is 61.9 Å². The lowest BCUT2D eigenvalue weighted by Crippen LogP contribution is -2.02. The zero-order valence-corrected chi connectivity index (χ0v) is 17.0. The van der Waals surface area contributed by atoms with Crippen molar-refractivity contribution >= 4 is 28.4 Å². The van der Waals surface area contributed by atoms with Gasteiger partial charge in [-0.15, -0.1) is 10.2 Å². The smallest absolute Gasteiger partial charge is 0.184 e. The minimum Gasteiger partial charge on any atom is -0.255 e. The Morgan fingerprint density at radius 3 is 2.64 bits per heavy atom. The maximum atomic E-state index is 6.59. The Bertz CT molecular complexity index is 1210. The fourth-order valence-electron chi connectivity index (χ4n) is 3.78. The molecule has 1 aliphatic rings. The molecule has 1 saturated carbocycles. The van der Waals surface area contributed by atoms with Crippen LogP contribution in [0.1, 0.15) is 49.6 Å². The molecule has 3 heterocycles. The molecule has 6 heteroatoms. The molecule has 5 nitrogen and oxygen atoms in total. The van der Waals surface area contributed by atoms with E-state index in [-0.39, 0.29) is 0 Å². The summed E-state index contributed by atoms with van der Waals surface area (Å²) in [6.07, 6.45) is 3.41. The maximum Gasteiger partial charge on any atom is 0.184 e. The standard InChI is InChI=1S/C22H22ClN5/c1-12(2)10-14-4-7-17(23)16(11-14)21-27-26-20-13(3)24-19-9-8-18(15-5-6-15)25-22(19)28(20)21/h4,7-9,11-12,15H,5-6,10H2,1-3H3. The highest BCUT2D eigenvalue weighted by atomic mass is 35.5. The lowest BCUT2D eigenvalue weighted by atomic mass is 10.0. The van der Waals surface area contributed by atoms with E-state index in [2.05, 4.69) is 48.3 Å². The number of aryl methyl sites for hydroxylation is 1. The number of rotatable bonds is 4. The SMILES string of the molecule is Cc1nc2ccc(C3CC3)nc2n2c(-c3cc(CC(C)C)ccc3Cl)nnc12. The van der Waals surface area contributed by atoms with Crippen molar-refractivity contribution < 1.29 is 0 Å². The topological polar surface area (TPSA) is 56.0 Å². The van der Waals surface area contributed by atoms with Gasteiger partial charge in [0.05, 0.1) is 10.7 Å². The van der Waals surface area contributed by atoms with Gasteiger partial charge >= 0.3 is 0 Å². The van der Waals surface area contributed by atoms with E-state index < -0.39 is 0 Å². The number of pyridine rings is 1. The lowest BCUT2D eigenvalue weighted by molar-refractivity contribution is 0.647. The summed E-state index contributed by atoms with van der Waals surface area (Å²) in [5.41, 5.74) is 6.47. The number of nitrogens with zero attached hydrogens (tertiary/aromatic N) is 5. The molecule has 0 N–H and O–H groups in total. The molecule has 142 valence electrons. The van der Waals surface area contributed by atoms with Crippen molar-refractivity contribution in [2.45, 2.75) is 46.0 Å². The third kappa shape index (κ3) is 2.94. The molecule has 0 unspecified atom stereocenters. The van der Waals surface area contributed by atoms with Crippen LogP contribution in [0.25, 0.3) is 28.2 Å². The number of halogens is 1. The summed E-state index contributed by atoms with van der Waals surface area (Å²) in [6.45, 7) is 6.39. The average Bonchev–Trinajstić information content (AvgIpc) is 3.41. The fraction of sp³-hybridized carbons (Fsp3) is 0.364. The highest BCUT2D eigenvalue weighted by Crippen LogP contribution is 2.39. The largest absolute Gasteiger partial charge is 0.255 e. The molecular formula is C22H22ClN5. The molecule has 0 spiro atoms. The molecule has 5 rings (SSSR count). The molecule has 0 saturated heterocycles. The van der Waals surface area contributed by atoms with Gasteiger partial charge in [0, 0.05) is 17.2 Å². The third-order valence-electron chi connectivity index (χ3n) is 5.27. The van der Waals surface area contributed by atoms with Crippen LogP contribution in [0.5, 0.6) is 0 Å². The van der Waals surface area contributed by atoms with Crippen molar-refractivity contribution in [1.82, 2.24) is 24.6 Å². The van der Waals surface area contributed by atoms with Gasteiger partial charge in [0.1, 0.15) is 5.52 Å². The number of hydrogen-bond donors (Lipinski definition) is 0. The van der Waals surface area contributed by atoms with Gasteiger partial charge in [-0.3, -0.25) is 4.40 Å². The van der Waals surface area contributed by atoms with Crippen molar-refractivity contribution in [2.24, 2.45) is 5.92 Å². The molecule has 1 aliphatic carbocycles. The number of aromatic nitrogens is 5. The monoisotopic (exact) mass is 391 g/mol. The average molecular weight is 392 g/mol. The van der Waals surface area contributed by atoms with Crippen molar-refractivity contribution in [2.75, 3.05) is 0 Å². The third-order valence-corrected chi connectivity index (χ3v) is 5.60. The first-order chi connectivity index (χ1) is 13.5. The van der Waals surface area contributed by atoms with Crippen LogP contribution in [0.15, 0.2) is 30.3 Å². The van der Waals surface area contributed by atoms with Crippen LogP contribution >= 0.6 is 11.6 Å². The first kappa shape index (κ1) is 17.6. The molecule has 1 fully saturated rings. The zero-order chi connectivity index (χ0) is 19.4. The Kier molecular flexibility index (Phi) is 4.09. The first-order valence-corrected chi connectivity index (χ1v) is 10.2. The molecule has 0 bridgehead atoms. The Morgan fingerprint density at radius 2 is 1.89 bits per heavy atom. The summed E-state index contributed by atoms with van der Waals surface area (Å²) in [5, 5.41) is 9.58. The van der Waals surface area contributed by atoms with E-state index in [0.29, 0.717) is 16.9 Å². The van der Waals surface area contributed by atoms with Crippen molar-refractivity contribution in [3.63, 3.8) is 0 Å². The number of hydrogen-bond acceptors (Lipinski definition) is 4. The van der Waals surface area contributed by atoms with E-state index in [4.69, 9.17) is 21.6 Å². The summed E-state index contributed by atoms with van der Waals surface area (Å²) >= 11 is 6.59. The van der Waals surface area contributed by atoms with Crippen LogP contribution in [0, 0.1) is 12.8 Å². The Morgan fingerprint density at radius 1 is 1.07 bits per heavy atom. The normalized spacial score (nSPS) is 14.5. The van der Waals surface area contributed by atoms with E-state index in [1.54, 1.807) is 0 Å². The van der Waals surface area contributed by atoms with Crippen LogP contribution < -0.4 is 0 Å². The van der Waals surface area contributed by atoms with Gasteiger partial charge in [0.25, 0.3) is 0 Å². The van der Waals surface area contributed by atoms with Crippen molar-refractivity contribution in [3.8, 4) is 11.4 Å². The van der Waals surface area contributed by atoms with E-state index >= 15 is 0 Å². The summed E-state index contributed by atoms with van der Waals surface area (Å²) < 4.78 is 2.02. The second kappa shape index (κ2) is 6.52. The minimum absolute atomic E-state index is 0.568. The van der Waals surface area contributed by atoms with Gasteiger partial charge in [-0.25, -0.2) is 9.97 Å². The number of benzene rings is 1. The Labute approximate surface area is 168 Å². The van der Waals surface area contributed by atoms with Crippen LogP contribution in [0.3, 0.4) is 0 Å². The first-order valence-electron chi connectivity index (χ1n) is 9.82. The molecule has 28 heavy (non-hydrogen) atoms. The van der Waals surface area contributed by atoms with Gasteiger partial charge < -0.3 is 0 Å². The van der Waals surface area contributed by atoms with Crippen LogP contribution in [0.2, 0.25) is 5.02 Å². The highest BCUT2D eigenvalue weighted by molar-refractivity contribution is 6.33. The fourth-order valence-corrected chi connectivity index (χ4v) is 3.98. The van der Waals surface area contributed by atoms with E-state index in [1.165, 1.54) is 18.4 Å². The molecule has 0 radical (unpaired) electrons. The second-order valence-electron chi connectivity index (χ2n) is 8.15. The molecule has 1 aromatic carbocycles. The molecular weight excluding hydrogens is 370 g/mol. The zero-order valence-electron chi connectivity index (χ0n) is 16.3.